The minimum Gasteiger partial charge on any atom is -0.462 e. The van der Waals surface area contributed by atoms with Crippen molar-refractivity contribution in [2.24, 2.45) is 0 Å². The molecule has 0 fully saturated rings. The lowest BCUT2D eigenvalue weighted by molar-refractivity contribution is -0.163. The first kappa shape index (κ1) is 56.6. The van der Waals surface area contributed by atoms with Gasteiger partial charge in [0, 0.05) is 19.4 Å². The number of allylic oxidation sites excluding steroid dienone is 2. The molecule has 0 aliphatic heterocycles. The van der Waals surface area contributed by atoms with Gasteiger partial charge in [0.05, 0.1) is 6.61 Å². The van der Waals surface area contributed by atoms with Crippen LogP contribution >= 0.6 is 0 Å². The van der Waals surface area contributed by atoms with E-state index in [0.29, 0.717) is 26.1 Å². The summed E-state index contributed by atoms with van der Waals surface area (Å²) >= 11 is 0. The van der Waals surface area contributed by atoms with Crippen molar-refractivity contribution in [2.45, 2.75) is 297 Å². The fraction of sp³-hybridized carbons (Fsp3) is 0.925. The van der Waals surface area contributed by atoms with Gasteiger partial charge in [0.1, 0.15) is 6.61 Å². The van der Waals surface area contributed by atoms with E-state index < -0.39 is 6.10 Å². The Hall–Kier alpha value is -1.36. The maximum Gasteiger partial charge on any atom is 0.306 e. The van der Waals surface area contributed by atoms with Crippen molar-refractivity contribution in [1.82, 2.24) is 0 Å². The Morgan fingerprint density at radius 3 is 1.05 bits per heavy atom. The van der Waals surface area contributed by atoms with Crippen LogP contribution in [0.4, 0.5) is 0 Å². The SMILES string of the molecule is CCCCCCCC/C=C\CCCCCCCC(=O)OCC(COCCCCCCCCCCCCCCCCCC)OC(=O)CCCCCCCCCCCCC. The van der Waals surface area contributed by atoms with E-state index in [1.54, 1.807) is 0 Å². The molecule has 58 heavy (non-hydrogen) atoms. The number of unbranched alkanes of at least 4 members (excludes halogenated alkanes) is 36. The monoisotopic (exact) mass is 819 g/mol. The second-order valence-electron chi connectivity index (χ2n) is 17.8. The molecule has 0 aliphatic rings. The van der Waals surface area contributed by atoms with Gasteiger partial charge in [0.2, 0.25) is 0 Å². The number of carbonyl (C=O) groups is 2. The largest absolute Gasteiger partial charge is 0.462 e. The van der Waals surface area contributed by atoms with E-state index in [-0.39, 0.29) is 18.5 Å². The van der Waals surface area contributed by atoms with E-state index in [9.17, 15) is 9.59 Å². The standard InChI is InChI=1S/C53H102O5/c1-4-7-10-13-16-19-22-24-26-28-30-33-36-39-42-45-48-56-49-51(58-53(55)47-44-41-38-35-31-21-18-15-12-9-6-3)50-57-52(54)46-43-40-37-34-32-29-27-25-23-20-17-14-11-8-5-2/h25,27,51H,4-24,26,28-50H2,1-3H3/b27-25-. The zero-order valence-electron chi connectivity index (χ0n) is 39.6. The molecule has 1 unspecified atom stereocenters. The van der Waals surface area contributed by atoms with Crippen molar-refractivity contribution in [3.8, 4) is 0 Å². The van der Waals surface area contributed by atoms with Crippen molar-refractivity contribution in [2.75, 3.05) is 19.8 Å². The topological polar surface area (TPSA) is 61.8 Å². The Morgan fingerprint density at radius 2 is 0.672 bits per heavy atom. The van der Waals surface area contributed by atoms with Gasteiger partial charge in [-0.2, -0.15) is 0 Å². The molecular weight excluding hydrogens is 717 g/mol. The predicted octanol–water partition coefficient (Wildman–Crippen LogP) is 17.5. The molecule has 1 atom stereocenters. The molecule has 5 nitrogen and oxygen atoms in total. The maximum absolute atomic E-state index is 12.8. The number of hydrogen-bond acceptors (Lipinski definition) is 5. The summed E-state index contributed by atoms with van der Waals surface area (Å²) in [6.07, 6.45) is 56.4. The Kier molecular flexibility index (Phi) is 48.8. The van der Waals surface area contributed by atoms with Crippen LogP contribution in [-0.4, -0.2) is 37.9 Å². The minimum absolute atomic E-state index is 0.0901. The summed E-state index contributed by atoms with van der Waals surface area (Å²) in [5, 5.41) is 0. The molecule has 0 spiro atoms. The average molecular weight is 819 g/mol. The first-order valence-electron chi connectivity index (χ1n) is 26.2. The van der Waals surface area contributed by atoms with Crippen molar-refractivity contribution in [1.29, 1.82) is 0 Å². The fourth-order valence-electron chi connectivity index (χ4n) is 7.86. The molecule has 0 aromatic carbocycles. The molecule has 5 heteroatoms. The van der Waals surface area contributed by atoms with Gasteiger partial charge in [-0.3, -0.25) is 9.59 Å². The van der Waals surface area contributed by atoms with Crippen LogP contribution in [0.1, 0.15) is 290 Å². The molecule has 0 aromatic rings. The fourth-order valence-corrected chi connectivity index (χ4v) is 7.86. The lowest BCUT2D eigenvalue weighted by Crippen LogP contribution is -2.30. The van der Waals surface area contributed by atoms with Crippen molar-refractivity contribution in [3.05, 3.63) is 12.2 Å². The van der Waals surface area contributed by atoms with Gasteiger partial charge >= 0.3 is 11.9 Å². The molecule has 0 rings (SSSR count). The van der Waals surface area contributed by atoms with Crippen LogP contribution in [0, 0.1) is 0 Å². The highest BCUT2D eigenvalue weighted by Crippen LogP contribution is 2.16. The summed E-state index contributed by atoms with van der Waals surface area (Å²) in [4.78, 5) is 25.3. The molecule has 0 amide bonds. The lowest BCUT2D eigenvalue weighted by Gasteiger charge is -2.18. The van der Waals surface area contributed by atoms with Crippen molar-refractivity contribution >= 4 is 11.9 Å². The van der Waals surface area contributed by atoms with Crippen LogP contribution in [0.2, 0.25) is 0 Å². The Bertz CT molecular complexity index is 840. The molecule has 344 valence electrons. The number of carbonyl (C=O) groups excluding carboxylic acids is 2. The summed E-state index contributed by atoms with van der Waals surface area (Å²) in [5.41, 5.74) is 0. The smallest absolute Gasteiger partial charge is 0.306 e. The Labute approximate surface area is 363 Å². The van der Waals surface area contributed by atoms with Crippen LogP contribution in [0.5, 0.6) is 0 Å². The highest BCUT2D eigenvalue weighted by molar-refractivity contribution is 5.70. The average Bonchev–Trinajstić information content (AvgIpc) is 3.22. The van der Waals surface area contributed by atoms with Crippen molar-refractivity contribution < 1.29 is 23.8 Å². The van der Waals surface area contributed by atoms with E-state index in [1.807, 2.05) is 0 Å². The van der Waals surface area contributed by atoms with Crippen LogP contribution < -0.4 is 0 Å². The van der Waals surface area contributed by atoms with E-state index in [0.717, 1.165) is 38.5 Å². The highest BCUT2D eigenvalue weighted by Gasteiger charge is 2.17. The quantitative estimate of drug-likeness (QED) is 0.0348. The molecule has 0 saturated heterocycles. The van der Waals surface area contributed by atoms with Gasteiger partial charge in [0.15, 0.2) is 6.10 Å². The minimum atomic E-state index is -0.528. The normalized spacial score (nSPS) is 12.1. The number of ether oxygens (including phenoxy) is 3. The predicted molar refractivity (Wildman–Crippen MR) is 252 cm³/mol. The molecular formula is C53H102O5. The van der Waals surface area contributed by atoms with Gasteiger partial charge in [-0.1, -0.05) is 245 Å². The molecule has 0 radical (unpaired) electrons. The molecule has 0 bridgehead atoms. The number of rotatable bonds is 49. The van der Waals surface area contributed by atoms with Crippen LogP contribution in [0.3, 0.4) is 0 Å². The summed E-state index contributed by atoms with van der Waals surface area (Å²) in [7, 11) is 0. The Balaban J connectivity index is 4.19. The number of esters is 2. The highest BCUT2D eigenvalue weighted by atomic mass is 16.6. The van der Waals surface area contributed by atoms with E-state index >= 15 is 0 Å². The third-order valence-corrected chi connectivity index (χ3v) is 11.8. The zero-order chi connectivity index (χ0) is 42.1. The summed E-state index contributed by atoms with van der Waals surface area (Å²) in [6.45, 7) is 7.87. The van der Waals surface area contributed by atoms with E-state index in [1.165, 1.54) is 218 Å². The van der Waals surface area contributed by atoms with E-state index in [4.69, 9.17) is 14.2 Å². The third kappa shape index (κ3) is 47.3. The number of hydrogen-bond donors (Lipinski definition) is 0. The Morgan fingerprint density at radius 1 is 0.362 bits per heavy atom. The van der Waals surface area contributed by atoms with E-state index in [2.05, 4.69) is 32.9 Å². The zero-order valence-corrected chi connectivity index (χ0v) is 39.6. The summed E-state index contributed by atoms with van der Waals surface area (Å²) in [6, 6.07) is 0. The molecule has 0 aromatic heterocycles. The summed E-state index contributed by atoms with van der Waals surface area (Å²) in [5.74, 6) is -0.387. The first-order chi connectivity index (χ1) is 28.6. The second kappa shape index (κ2) is 50.0. The van der Waals surface area contributed by atoms with Crippen molar-refractivity contribution in [3.63, 3.8) is 0 Å². The maximum atomic E-state index is 12.8. The molecule has 0 saturated carbocycles. The van der Waals surface area contributed by atoms with Crippen LogP contribution in [0.25, 0.3) is 0 Å². The van der Waals surface area contributed by atoms with Gasteiger partial charge in [0.25, 0.3) is 0 Å². The van der Waals surface area contributed by atoms with Crippen LogP contribution in [-0.2, 0) is 23.8 Å². The third-order valence-electron chi connectivity index (χ3n) is 11.8. The van der Waals surface area contributed by atoms with Gasteiger partial charge in [-0.25, -0.2) is 0 Å². The molecule has 0 heterocycles. The summed E-state index contributed by atoms with van der Waals surface area (Å²) < 4.78 is 17.4. The lowest BCUT2D eigenvalue weighted by atomic mass is 10.0. The van der Waals surface area contributed by atoms with Crippen LogP contribution in [0.15, 0.2) is 12.2 Å². The first-order valence-corrected chi connectivity index (χ1v) is 26.2. The molecule has 0 aliphatic carbocycles. The van der Waals surface area contributed by atoms with Gasteiger partial charge in [-0.15, -0.1) is 0 Å². The van der Waals surface area contributed by atoms with Gasteiger partial charge < -0.3 is 14.2 Å². The van der Waals surface area contributed by atoms with Gasteiger partial charge in [-0.05, 0) is 44.9 Å². The molecule has 0 N–H and O–H groups in total. The second-order valence-corrected chi connectivity index (χ2v) is 17.8.